The van der Waals surface area contributed by atoms with Gasteiger partial charge in [-0.15, -0.1) is 0 Å². The topological polar surface area (TPSA) is 55.4 Å². The van der Waals surface area contributed by atoms with Crippen LogP contribution in [0.25, 0.3) is 0 Å². The van der Waals surface area contributed by atoms with Gasteiger partial charge >= 0.3 is 0 Å². The van der Waals surface area contributed by atoms with Crippen LogP contribution in [-0.2, 0) is 15.2 Å². The second-order valence-corrected chi connectivity index (χ2v) is 3.04. The van der Waals surface area contributed by atoms with E-state index in [0.717, 1.165) is 18.3 Å². The third-order valence-corrected chi connectivity index (χ3v) is 1.66. The van der Waals surface area contributed by atoms with Crippen LogP contribution in [0.15, 0.2) is 0 Å². The lowest BCUT2D eigenvalue weighted by Crippen LogP contribution is -2.18. The van der Waals surface area contributed by atoms with E-state index >= 15 is 0 Å². The molecule has 1 N–H and O–H groups in total. The highest BCUT2D eigenvalue weighted by Crippen LogP contribution is 1.83. The first-order valence-corrected chi connectivity index (χ1v) is 5.03. The summed E-state index contributed by atoms with van der Waals surface area (Å²) in [5.74, 6) is 0. The van der Waals surface area contributed by atoms with E-state index in [9.17, 15) is 8.42 Å². The summed E-state index contributed by atoms with van der Waals surface area (Å²) in [7, 11) is -2.70. The Hall–Kier alpha value is 0.350. The van der Waals surface area contributed by atoms with Crippen molar-refractivity contribution in [3.05, 3.63) is 0 Å². The molecule has 0 aromatic carbocycles. The predicted molar refractivity (Wildman–Crippen MR) is 42.7 cm³/mol. The van der Waals surface area contributed by atoms with E-state index < -0.39 is 11.0 Å². The monoisotopic (exact) mass is 231 g/mol. The van der Waals surface area contributed by atoms with Crippen LogP contribution < -0.4 is 5.32 Å². The average Bonchev–Trinajstić information content (AvgIpc) is 1.87. The fourth-order valence-electron chi connectivity index (χ4n) is 0.362. The van der Waals surface area contributed by atoms with Crippen molar-refractivity contribution in [2.24, 2.45) is 0 Å². The van der Waals surface area contributed by atoms with Gasteiger partial charge < -0.3 is 0 Å². The Kier molecular flexibility index (Phi) is 7.72. The van der Waals surface area contributed by atoms with Crippen molar-refractivity contribution in [1.82, 2.24) is 5.32 Å². The van der Waals surface area contributed by atoms with Crippen molar-refractivity contribution < 1.29 is 12.6 Å². The second-order valence-electron chi connectivity index (χ2n) is 1.54. The number of alkyl halides is 1. The Morgan fingerprint density at radius 3 is 2.70 bits per heavy atom. The first-order chi connectivity index (χ1) is 4.77. The molecule has 0 spiro atoms. The molecule has 62 valence electrons. The number of rotatable bonds is 6. The lowest BCUT2D eigenvalue weighted by Gasteiger charge is -1.98. The molecule has 0 rings (SSSR count). The van der Waals surface area contributed by atoms with Crippen molar-refractivity contribution in [3.8, 4) is 0 Å². The standard InChI is InChI=1S/C4H10BrNO3S/c5-2-1-3-6-4-9-10(7)8/h6,10H,1-4H2. The minimum Gasteiger partial charge on any atom is -0.293 e. The van der Waals surface area contributed by atoms with Gasteiger partial charge in [0.15, 0.2) is 0 Å². The molecule has 0 amide bonds. The smallest absolute Gasteiger partial charge is 0.258 e. The summed E-state index contributed by atoms with van der Waals surface area (Å²) in [5.41, 5.74) is 0. The van der Waals surface area contributed by atoms with E-state index in [1.807, 2.05) is 0 Å². The fraction of sp³-hybridized carbons (Fsp3) is 1.00. The van der Waals surface area contributed by atoms with E-state index in [-0.39, 0.29) is 6.73 Å². The molecule has 0 aliphatic heterocycles. The zero-order valence-corrected chi connectivity index (χ0v) is 7.86. The van der Waals surface area contributed by atoms with Crippen molar-refractivity contribution in [2.45, 2.75) is 6.42 Å². The van der Waals surface area contributed by atoms with Crippen LogP contribution in [0.5, 0.6) is 0 Å². The molecule has 0 bridgehead atoms. The van der Waals surface area contributed by atoms with Crippen LogP contribution in [0.4, 0.5) is 0 Å². The van der Waals surface area contributed by atoms with Crippen molar-refractivity contribution >= 4 is 26.9 Å². The molecule has 0 aromatic rings. The third-order valence-electron chi connectivity index (χ3n) is 0.759. The second kappa shape index (κ2) is 7.46. The summed E-state index contributed by atoms with van der Waals surface area (Å²) in [6, 6.07) is 0. The van der Waals surface area contributed by atoms with Crippen LogP contribution in [-0.4, -0.2) is 27.0 Å². The highest BCUT2D eigenvalue weighted by Gasteiger charge is 1.86. The van der Waals surface area contributed by atoms with Gasteiger partial charge in [-0.2, -0.15) is 0 Å². The Morgan fingerprint density at radius 1 is 1.50 bits per heavy atom. The minimum atomic E-state index is -2.70. The van der Waals surface area contributed by atoms with E-state index in [1.54, 1.807) is 0 Å². The van der Waals surface area contributed by atoms with Gasteiger partial charge in [-0.25, -0.2) is 8.42 Å². The first kappa shape index (κ1) is 10.3. The minimum absolute atomic E-state index is 0.0751. The molecular weight excluding hydrogens is 222 g/mol. The van der Waals surface area contributed by atoms with Gasteiger partial charge in [0.1, 0.15) is 6.73 Å². The van der Waals surface area contributed by atoms with Crippen LogP contribution in [0.2, 0.25) is 0 Å². The molecule has 4 nitrogen and oxygen atoms in total. The zero-order valence-electron chi connectivity index (χ0n) is 5.38. The molecule has 0 saturated carbocycles. The summed E-state index contributed by atoms with van der Waals surface area (Å²) < 4.78 is 23.8. The summed E-state index contributed by atoms with van der Waals surface area (Å²) in [4.78, 5) is 0. The van der Waals surface area contributed by atoms with Gasteiger partial charge in [0.2, 0.25) is 0 Å². The number of thiol groups is 1. The molecule has 6 heteroatoms. The molecule has 0 atom stereocenters. The van der Waals surface area contributed by atoms with Crippen molar-refractivity contribution in [2.75, 3.05) is 18.6 Å². The molecule has 0 aliphatic rings. The van der Waals surface area contributed by atoms with Gasteiger partial charge in [0.05, 0.1) is 0 Å². The van der Waals surface area contributed by atoms with E-state index in [1.165, 1.54) is 0 Å². The maximum Gasteiger partial charge on any atom is 0.258 e. The molecule has 0 aromatic heterocycles. The maximum atomic E-state index is 9.80. The SMILES string of the molecule is O=[SH](=O)OCNCCCBr. The lowest BCUT2D eigenvalue weighted by molar-refractivity contribution is 0.300. The molecule has 0 fully saturated rings. The molecule has 10 heavy (non-hydrogen) atoms. The van der Waals surface area contributed by atoms with Crippen molar-refractivity contribution in [1.29, 1.82) is 0 Å². The summed E-state index contributed by atoms with van der Waals surface area (Å²) in [6.45, 7) is 0.833. The number of hydrogen-bond acceptors (Lipinski definition) is 4. The Morgan fingerprint density at radius 2 is 2.20 bits per heavy atom. The zero-order chi connectivity index (χ0) is 7.82. The quantitative estimate of drug-likeness (QED) is 0.290. The van der Waals surface area contributed by atoms with E-state index in [2.05, 4.69) is 25.4 Å². The van der Waals surface area contributed by atoms with Gasteiger partial charge in [-0.05, 0) is 13.0 Å². The molecule has 0 aliphatic carbocycles. The summed E-state index contributed by atoms with van der Waals surface area (Å²) in [5, 5.41) is 3.69. The van der Waals surface area contributed by atoms with E-state index in [4.69, 9.17) is 0 Å². The van der Waals surface area contributed by atoms with Crippen LogP contribution in [0, 0.1) is 0 Å². The molecule has 0 heterocycles. The molecule has 0 saturated heterocycles. The van der Waals surface area contributed by atoms with Gasteiger partial charge in [0.25, 0.3) is 11.0 Å². The number of nitrogens with one attached hydrogen (secondary N) is 1. The Balaban J connectivity index is 2.91. The Bertz CT molecular complexity index is 130. The van der Waals surface area contributed by atoms with Crippen LogP contribution in [0.3, 0.4) is 0 Å². The lowest BCUT2D eigenvalue weighted by atomic mass is 10.5. The third kappa shape index (κ3) is 8.35. The maximum absolute atomic E-state index is 9.80. The predicted octanol–water partition coefficient (Wildman–Crippen LogP) is -0.139. The van der Waals surface area contributed by atoms with Crippen LogP contribution >= 0.6 is 15.9 Å². The van der Waals surface area contributed by atoms with Crippen molar-refractivity contribution in [3.63, 3.8) is 0 Å². The molecular formula is C4H10BrNO3S. The largest absolute Gasteiger partial charge is 0.293 e. The number of hydrogen-bond donors (Lipinski definition) is 2. The number of halogens is 1. The van der Waals surface area contributed by atoms with Gasteiger partial charge in [-0.1, -0.05) is 15.9 Å². The summed E-state index contributed by atoms with van der Waals surface area (Å²) in [6.07, 6.45) is 0.957. The highest BCUT2D eigenvalue weighted by atomic mass is 79.9. The Labute approximate surface area is 70.2 Å². The molecule has 0 unspecified atom stereocenters. The summed E-state index contributed by atoms with van der Waals surface area (Å²) >= 11 is 3.23. The van der Waals surface area contributed by atoms with Crippen LogP contribution in [0.1, 0.15) is 6.42 Å². The van der Waals surface area contributed by atoms with Gasteiger partial charge in [0, 0.05) is 5.33 Å². The average molecular weight is 232 g/mol. The molecule has 0 radical (unpaired) electrons. The first-order valence-electron chi connectivity index (χ1n) is 2.81. The fourth-order valence-corrected chi connectivity index (χ4v) is 0.839. The van der Waals surface area contributed by atoms with Gasteiger partial charge in [-0.3, -0.25) is 9.50 Å². The normalized spacial score (nSPS) is 10.6. The highest BCUT2D eigenvalue weighted by molar-refractivity contribution is 9.09. The van der Waals surface area contributed by atoms with E-state index in [0.29, 0.717) is 0 Å².